The molecule has 0 bridgehead atoms. The molecule has 0 spiro atoms. The number of nitrogens with zero attached hydrogens (tertiary/aromatic N) is 4. The van der Waals surface area contributed by atoms with Crippen LogP contribution in [0.25, 0.3) is 5.69 Å². The lowest BCUT2D eigenvalue weighted by molar-refractivity contribution is -0.131. The highest BCUT2D eigenvalue weighted by molar-refractivity contribution is 5.94. The van der Waals surface area contributed by atoms with Gasteiger partial charge in [-0.3, -0.25) is 9.59 Å². The number of carbonyl (C=O) groups excluding carboxylic acids is 2. The minimum Gasteiger partial charge on any atom is -0.366 e. The molecule has 7 heteroatoms. The summed E-state index contributed by atoms with van der Waals surface area (Å²) in [6, 6.07) is 14.4. The molecule has 31 heavy (non-hydrogen) atoms. The molecule has 2 heterocycles. The van der Waals surface area contributed by atoms with Crippen molar-refractivity contribution < 1.29 is 14.0 Å². The molecule has 0 radical (unpaired) electrons. The van der Waals surface area contributed by atoms with Crippen LogP contribution in [0.2, 0.25) is 0 Å². The summed E-state index contributed by atoms with van der Waals surface area (Å²) in [6.45, 7) is 3.65. The summed E-state index contributed by atoms with van der Waals surface area (Å²) >= 11 is 0. The van der Waals surface area contributed by atoms with Gasteiger partial charge in [0, 0.05) is 44.4 Å². The molecule has 1 aliphatic heterocycles. The van der Waals surface area contributed by atoms with E-state index in [-0.39, 0.29) is 11.7 Å². The first-order chi connectivity index (χ1) is 15.0. The number of Topliss-reactive ketones (excluding diaryl/α,β-unsaturated/α-hetero) is 1. The van der Waals surface area contributed by atoms with Crippen molar-refractivity contribution in [3.05, 3.63) is 77.9 Å². The van der Waals surface area contributed by atoms with E-state index >= 15 is 0 Å². The Hall–Kier alpha value is -3.48. The third-order valence-corrected chi connectivity index (χ3v) is 5.61. The van der Waals surface area contributed by atoms with Crippen molar-refractivity contribution in [3.63, 3.8) is 0 Å². The molecule has 160 valence electrons. The van der Waals surface area contributed by atoms with E-state index in [0.717, 1.165) is 11.3 Å². The van der Waals surface area contributed by atoms with Crippen molar-refractivity contribution in [1.82, 2.24) is 14.7 Å². The number of para-hydroxylation sites is 1. The second kappa shape index (κ2) is 9.12. The smallest absolute Gasteiger partial charge is 0.223 e. The maximum atomic E-state index is 14.4. The van der Waals surface area contributed by atoms with Gasteiger partial charge in [0.1, 0.15) is 5.82 Å². The molecule has 0 N–H and O–H groups in total. The maximum Gasteiger partial charge on any atom is 0.223 e. The number of rotatable bonds is 6. The largest absolute Gasteiger partial charge is 0.366 e. The highest BCUT2D eigenvalue weighted by atomic mass is 19.1. The lowest BCUT2D eigenvalue weighted by atomic mass is 10.1. The Morgan fingerprint density at radius 2 is 1.77 bits per heavy atom. The number of aryl methyl sites for hydroxylation is 1. The first-order valence-electron chi connectivity index (χ1n) is 10.4. The van der Waals surface area contributed by atoms with Gasteiger partial charge in [0.15, 0.2) is 5.78 Å². The summed E-state index contributed by atoms with van der Waals surface area (Å²) in [6.07, 6.45) is 4.80. The highest BCUT2D eigenvalue weighted by Gasteiger charge is 2.23. The average Bonchev–Trinajstić information content (AvgIpc) is 3.27. The van der Waals surface area contributed by atoms with Crippen molar-refractivity contribution in [2.24, 2.45) is 0 Å². The van der Waals surface area contributed by atoms with Gasteiger partial charge >= 0.3 is 0 Å². The molecule has 0 aliphatic carbocycles. The van der Waals surface area contributed by atoms with Crippen LogP contribution in [0.15, 0.2) is 60.9 Å². The number of anilines is 1. The molecule has 6 nitrogen and oxygen atoms in total. The Kier molecular flexibility index (Phi) is 6.11. The Morgan fingerprint density at radius 1 is 1.03 bits per heavy atom. The number of hydrogen-bond donors (Lipinski definition) is 0. The first kappa shape index (κ1) is 20.8. The molecule has 3 aromatic rings. The third-order valence-electron chi connectivity index (χ3n) is 5.61. The number of hydrogen-bond acceptors (Lipinski definition) is 4. The van der Waals surface area contributed by atoms with Crippen LogP contribution in [0, 0.1) is 5.82 Å². The molecular formula is C24H25FN4O2. The lowest BCUT2D eigenvalue weighted by Gasteiger charge is -2.36. The first-order valence-corrected chi connectivity index (χ1v) is 10.4. The van der Waals surface area contributed by atoms with Crippen LogP contribution in [0.3, 0.4) is 0 Å². The van der Waals surface area contributed by atoms with Gasteiger partial charge in [0.25, 0.3) is 0 Å². The zero-order valence-electron chi connectivity index (χ0n) is 17.5. The van der Waals surface area contributed by atoms with Gasteiger partial charge in [0.05, 0.1) is 17.6 Å². The van der Waals surface area contributed by atoms with Crippen LogP contribution >= 0.6 is 0 Å². The van der Waals surface area contributed by atoms with Gasteiger partial charge in [-0.25, -0.2) is 9.07 Å². The van der Waals surface area contributed by atoms with E-state index in [0.29, 0.717) is 50.3 Å². The van der Waals surface area contributed by atoms with E-state index in [4.69, 9.17) is 0 Å². The molecule has 1 aliphatic rings. The molecule has 0 atom stereocenters. The zero-order valence-corrected chi connectivity index (χ0v) is 17.5. The number of aromatic nitrogens is 2. The Balaban J connectivity index is 1.29. The predicted molar refractivity (Wildman–Crippen MR) is 117 cm³/mol. The van der Waals surface area contributed by atoms with Gasteiger partial charge < -0.3 is 9.80 Å². The number of amides is 1. The highest BCUT2D eigenvalue weighted by Crippen LogP contribution is 2.22. The number of carbonyl (C=O) groups is 2. The number of piperazine rings is 1. The van der Waals surface area contributed by atoms with Crippen molar-refractivity contribution in [2.45, 2.75) is 19.8 Å². The number of ketones is 1. The van der Waals surface area contributed by atoms with E-state index < -0.39 is 5.82 Å². The van der Waals surface area contributed by atoms with Gasteiger partial charge in [-0.2, -0.15) is 5.10 Å². The molecule has 1 fully saturated rings. The van der Waals surface area contributed by atoms with Crippen molar-refractivity contribution >= 4 is 17.4 Å². The normalized spacial score (nSPS) is 14.0. The van der Waals surface area contributed by atoms with Crippen LogP contribution in [0.5, 0.6) is 0 Å². The molecular weight excluding hydrogens is 395 g/mol. The van der Waals surface area contributed by atoms with Gasteiger partial charge in [-0.1, -0.05) is 18.2 Å². The third kappa shape index (κ3) is 4.82. The standard InChI is InChI=1S/C24H25FN4O2/c1-18(30)20-8-9-23(22(25)15-20)27-11-13-28(14-12-27)24(31)10-7-19-16-26-29(17-19)21-5-3-2-4-6-21/h2-6,8-9,15-17H,7,10-14H2,1H3. The predicted octanol–water partition coefficient (Wildman–Crippen LogP) is 3.50. The summed E-state index contributed by atoms with van der Waals surface area (Å²) in [7, 11) is 0. The topological polar surface area (TPSA) is 58.4 Å². The number of benzene rings is 2. The molecule has 4 rings (SSSR count). The molecule has 0 unspecified atom stereocenters. The molecule has 2 aromatic carbocycles. The van der Waals surface area contributed by atoms with Crippen molar-refractivity contribution in [3.8, 4) is 5.69 Å². The summed E-state index contributed by atoms with van der Waals surface area (Å²) in [5.74, 6) is -0.461. The molecule has 1 saturated heterocycles. The van der Waals surface area contributed by atoms with Crippen LogP contribution in [0.4, 0.5) is 10.1 Å². The van der Waals surface area contributed by atoms with Gasteiger partial charge in [-0.15, -0.1) is 0 Å². The average molecular weight is 420 g/mol. The van der Waals surface area contributed by atoms with E-state index in [1.54, 1.807) is 18.3 Å². The summed E-state index contributed by atoms with van der Waals surface area (Å²) in [5, 5.41) is 4.37. The quantitative estimate of drug-likeness (QED) is 0.573. The summed E-state index contributed by atoms with van der Waals surface area (Å²) in [4.78, 5) is 27.8. The minimum absolute atomic E-state index is 0.0968. The van der Waals surface area contributed by atoms with Crippen LogP contribution < -0.4 is 4.90 Å². The summed E-state index contributed by atoms with van der Waals surface area (Å²) < 4.78 is 16.2. The van der Waals surface area contributed by atoms with E-state index in [2.05, 4.69) is 5.10 Å². The van der Waals surface area contributed by atoms with Gasteiger partial charge in [0.2, 0.25) is 5.91 Å². The fourth-order valence-corrected chi connectivity index (χ4v) is 3.80. The molecule has 0 saturated carbocycles. The Bertz CT molecular complexity index is 1070. The fraction of sp³-hybridized carbons (Fsp3) is 0.292. The van der Waals surface area contributed by atoms with Crippen LogP contribution in [-0.4, -0.2) is 52.5 Å². The molecule has 1 aromatic heterocycles. The van der Waals surface area contributed by atoms with Crippen molar-refractivity contribution in [1.29, 1.82) is 0 Å². The van der Waals surface area contributed by atoms with E-state index in [1.807, 2.05) is 51.0 Å². The minimum atomic E-state index is -0.400. The van der Waals surface area contributed by atoms with Crippen LogP contribution in [-0.2, 0) is 11.2 Å². The Labute approximate surface area is 180 Å². The van der Waals surface area contributed by atoms with E-state index in [1.165, 1.54) is 13.0 Å². The van der Waals surface area contributed by atoms with Crippen LogP contribution in [0.1, 0.15) is 29.3 Å². The maximum absolute atomic E-state index is 14.4. The Morgan fingerprint density at radius 3 is 2.45 bits per heavy atom. The van der Waals surface area contributed by atoms with E-state index in [9.17, 15) is 14.0 Å². The second-order valence-electron chi connectivity index (χ2n) is 7.72. The second-order valence-corrected chi connectivity index (χ2v) is 7.72. The summed E-state index contributed by atoms with van der Waals surface area (Å²) in [5.41, 5.74) is 2.85. The zero-order chi connectivity index (χ0) is 21.8. The van der Waals surface area contributed by atoms with Crippen molar-refractivity contribution in [2.75, 3.05) is 31.1 Å². The fourth-order valence-electron chi connectivity index (χ4n) is 3.80. The van der Waals surface area contributed by atoms with Gasteiger partial charge in [-0.05, 0) is 49.2 Å². The lowest BCUT2D eigenvalue weighted by Crippen LogP contribution is -2.49. The SMILES string of the molecule is CC(=O)c1ccc(N2CCN(C(=O)CCc3cnn(-c4ccccc4)c3)CC2)c(F)c1. The molecule has 1 amide bonds. The monoisotopic (exact) mass is 420 g/mol. The number of halogens is 1.